The Morgan fingerprint density at radius 3 is 2.76 bits per heavy atom. The molecular formula is C20H20BrN2O2+. The standard InChI is InChI=1S/C20H19BrN2O2/c1-2-25-20(24)17-13-23-18-9-8-15(21)12-16(18)19(17)22-11-10-14-6-4-3-5-7-14/h3-9,12-13H,2,10-11H2,1H3,(H,22,23)/p+1. The van der Waals surface area contributed by atoms with Crippen molar-refractivity contribution in [2.24, 2.45) is 0 Å². The molecule has 0 saturated carbocycles. The summed E-state index contributed by atoms with van der Waals surface area (Å²) in [6.07, 6.45) is 2.58. The molecule has 3 rings (SSSR count). The van der Waals surface area contributed by atoms with Crippen LogP contribution in [0.2, 0.25) is 0 Å². The summed E-state index contributed by atoms with van der Waals surface area (Å²) in [6, 6.07) is 16.2. The lowest BCUT2D eigenvalue weighted by Gasteiger charge is -2.12. The van der Waals surface area contributed by atoms with Gasteiger partial charge in [0, 0.05) is 17.1 Å². The first-order valence-electron chi connectivity index (χ1n) is 8.28. The lowest BCUT2D eigenvalue weighted by Crippen LogP contribution is -2.17. The first kappa shape index (κ1) is 17.4. The van der Waals surface area contributed by atoms with E-state index in [-0.39, 0.29) is 5.97 Å². The van der Waals surface area contributed by atoms with E-state index >= 15 is 0 Å². The lowest BCUT2D eigenvalue weighted by atomic mass is 10.1. The number of rotatable bonds is 6. The van der Waals surface area contributed by atoms with Crippen molar-refractivity contribution >= 4 is 38.5 Å². The van der Waals surface area contributed by atoms with Crippen LogP contribution >= 0.6 is 15.9 Å². The maximum Gasteiger partial charge on any atom is 0.346 e. The van der Waals surface area contributed by atoms with Gasteiger partial charge in [-0.2, -0.15) is 0 Å². The van der Waals surface area contributed by atoms with Gasteiger partial charge < -0.3 is 10.1 Å². The highest BCUT2D eigenvalue weighted by molar-refractivity contribution is 9.10. The van der Waals surface area contributed by atoms with Crippen LogP contribution < -0.4 is 10.3 Å². The second-order valence-electron chi connectivity index (χ2n) is 5.65. The number of halogens is 1. The van der Waals surface area contributed by atoms with Gasteiger partial charge in [0.1, 0.15) is 5.56 Å². The van der Waals surface area contributed by atoms with Crippen LogP contribution in [0.5, 0.6) is 0 Å². The number of anilines is 1. The molecule has 0 saturated heterocycles. The lowest BCUT2D eigenvalue weighted by molar-refractivity contribution is -0.344. The molecule has 2 aromatic carbocycles. The molecule has 4 nitrogen and oxygen atoms in total. The fraction of sp³-hybridized carbons (Fsp3) is 0.200. The van der Waals surface area contributed by atoms with Crippen LogP contribution in [0.15, 0.2) is 59.2 Å². The van der Waals surface area contributed by atoms with E-state index in [4.69, 9.17) is 4.74 Å². The molecule has 0 atom stereocenters. The fourth-order valence-corrected chi connectivity index (χ4v) is 3.11. The Bertz CT molecular complexity index is 882. The number of benzene rings is 2. The fourth-order valence-electron chi connectivity index (χ4n) is 2.75. The van der Waals surface area contributed by atoms with Crippen LogP contribution in [-0.4, -0.2) is 19.1 Å². The molecule has 25 heavy (non-hydrogen) atoms. The summed E-state index contributed by atoms with van der Waals surface area (Å²) in [4.78, 5) is 15.5. The Kier molecular flexibility index (Phi) is 5.66. The number of fused-ring (bicyclic) bond motifs is 1. The molecular weight excluding hydrogens is 380 g/mol. The number of carbonyl (C=O) groups excluding carboxylic acids is 1. The maximum atomic E-state index is 12.3. The molecule has 0 bridgehead atoms. The normalized spacial score (nSPS) is 10.6. The Morgan fingerprint density at radius 1 is 1.20 bits per heavy atom. The number of ether oxygens (including phenoxy) is 1. The third kappa shape index (κ3) is 4.17. The number of aromatic amines is 1. The van der Waals surface area contributed by atoms with Crippen molar-refractivity contribution in [3.63, 3.8) is 0 Å². The van der Waals surface area contributed by atoms with Gasteiger partial charge in [-0.1, -0.05) is 46.3 Å². The number of hydrogen-bond acceptors (Lipinski definition) is 3. The van der Waals surface area contributed by atoms with Gasteiger partial charge >= 0.3 is 5.97 Å². The minimum atomic E-state index is -0.331. The number of aromatic nitrogens is 1. The molecule has 1 aromatic heterocycles. The SMILES string of the molecule is CCOC(=O)c1c[nH+]c2ccc(Br)cc2c1NCCc1ccccc1. The highest BCUT2D eigenvalue weighted by atomic mass is 79.9. The topological polar surface area (TPSA) is 52.5 Å². The number of nitrogens with one attached hydrogen (secondary N) is 2. The molecule has 0 aliphatic heterocycles. The summed E-state index contributed by atoms with van der Waals surface area (Å²) in [5.74, 6) is -0.331. The van der Waals surface area contributed by atoms with Crippen LogP contribution in [0, 0.1) is 0 Å². The molecule has 0 aliphatic carbocycles. The monoisotopic (exact) mass is 399 g/mol. The van der Waals surface area contributed by atoms with E-state index in [1.54, 1.807) is 6.20 Å². The molecule has 0 amide bonds. The van der Waals surface area contributed by atoms with Gasteiger partial charge in [0.15, 0.2) is 6.20 Å². The van der Waals surface area contributed by atoms with Crippen molar-refractivity contribution in [1.82, 2.24) is 0 Å². The molecule has 1 heterocycles. The van der Waals surface area contributed by atoms with Crippen LogP contribution in [0.1, 0.15) is 22.8 Å². The first-order chi connectivity index (χ1) is 12.2. The number of H-pyrrole nitrogens is 1. The van der Waals surface area contributed by atoms with Crippen molar-refractivity contribution in [3.8, 4) is 0 Å². The van der Waals surface area contributed by atoms with Crippen LogP contribution in [0.3, 0.4) is 0 Å². The van der Waals surface area contributed by atoms with Crippen molar-refractivity contribution in [1.29, 1.82) is 0 Å². The van der Waals surface area contributed by atoms with Crippen LogP contribution in [-0.2, 0) is 11.2 Å². The van der Waals surface area contributed by atoms with E-state index in [0.29, 0.717) is 12.2 Å². The van der Waals surface area contributed by atoms with E-state index in [1.807, 2.05) is 43.3 Å². The summed E-state index contributed by atoms with van der Waals surface area (Å²) < 4.78 is 6.16. The second-order valence-corrected chi connectivity index (χ2v) is 6.57. The van der Waals surface area contributed by atoms with Gasteiger partial charge in [-0.05, 0) is 31.0 Å². The minimum absolute atomic E-state index is 0.331. The molecule has 5 heteroatoms. The first-order valence-corrected chi connectivity index (χ1v) is 9.07. The Morgan fingerprint density at radius 2 is 2.00 bits per heavy atom. The number of carbonyl (C=O) groups is 1. The Balaban J connectivity index is 1.92. The summed E-state index contributed by atoms with van der Waals surface area (Å²) >= 11 is 3.51. The summed E-state index contributed by atoms with van der Waals surface area (Å²) in [5, 5.41) is 4.38. The van der Waals surface area contributed by atoms with E-state index in [1.165, 1.54) is 5.56 Å². The predicted octanol–water partition coefficient (Wildman–Crippen LogP) is 4.25. The smallest absolute Gasteiger partial charge is 0.346 e. The zero-order valence-electron chi connectivity index (χ0n) is 14.0. The van der Waals surface area contributed by atoms with Gasteiger partial charge in [0.05, 0.1) is 17.7 Å². The van der Waals surface area contributed by atoms with E-state index < -0.39 is 0 Å². The number of esters is 1. The average molecular weight is 400 g/mol. The molecule has 2 N–H and O–H groups in total. The zero-order valence-corrected chi connectivity index (χ0v) is 15.6. The maximum absolute atomic E-state index is 12.3. The van der Waals surface area contributed by atoms with Crippen LogP contribution in [0.4, 0.5) is 5.69 Å². The third-order valence-corrected chi connectivity index (χ3v) is 4.44. The van der Waals surface area contributed by atoms with E-state index in [9.17, 15) is 4.79 Å². The molecule has 128 valence electrons. The van der Waals surface area contributed by atoms with Gasteiger partial charge in [0.2, 0.25) is 5.52 Å². The van der Waals surface area contributed by atoms with Crippen molar-refractivity contribution in [2.75, 3.05) is 18.5 Å². The quantitative estimate of drug-likeness (QED) is 0.630. The molecule has 0 fully saturated rings. The summed E-state index contributed by atoms with van der Waals surface area (Å²) in [5.41, 5.74) is 3.52. The van der Waals surface area contributed by atoms with Crippen molar-refractivity contribution in [3.05, 3.63) is 70.3 Å². The average Bonchev–Trinajstić information content (AvgIpc) is 2.63. The van der Waals surface area contributed by atoms with Gasteiger partial charge in [-0.3, -0.25) is 0 Å². The Hall–Kier alpha value is -2.40. The van der Waals surface area contributed by atoms with Gasteiger partial charge in [-0.25, -0.2) is 9.78 Å². The van der Waals surface area contributed by atoms with E-state index in [0.717, 1.165) is 34.0 Å². The molecule has 0 unspecified atom stereocenters. The third-order valence-electron chi connectivity index (χ3n) is 3.95. The van der Waals surface area contributed by atoms with Crippen molar-refractivity contribution < 1.29 is 14.5 Å². The van der Waals surface area contributed by atoms with E-state index in [2.05, 4.69) is 38.4 Å². The van der Waals surface area contributed by atoms with Gasteiger partial charge in [-0.15, -0.1) is 0 Å². The predicted molar refractivity (Wildman–Crippen MR) is 103 cm³/mol. The van der Waals surface area contributed by atoms with Crippen molar-refractivity contribution in [2.45, 2.75) is 13.3 Å². The zero-order chi connectivity index (χ0) is 17.6. The highest BCUT2D eigenvalue weighted by Crippen LogP contribution is 2.27. The second kappa shape index (κ2) is 8.12. The number of pyridine rings is 1. The minimum Gasteiger partial charge on any atom is -0.462 e. The summed E-state index contributed by atoms with van der Waals surface area (Å²) in [7, 11) is 0. The van der Waals surface area contributed by atoms with Crippen LogP contribution in [0.25, 0.3) is 10.9 Å². The Labute approximate surface area is 155 Å². The molecule has 3 aromatic rings. The highest BCUT2D eigenvalue weighted by Gasteiger charge is 2.20. The molecule has 0 radical (unpaired) electrons. The molecule has 0 spiro atoms. The van der Waals surface area contributed by atoms with Gasteiger partial charge in [0.25, 0.3) is 0 Å². The molecule has 0 aliphatic rings. The largest absolute Gasteiger partial charge is 0.462 e. The number of hydrogen-bond donors (Lipinski definition) is 1. The summed E-state index contributed by atoms with van der Waals surface area (Å²) in [6.45, 7) is 2.88.